The van der Waals surface area contributed by atoms with Gasteiger partial charge >= 0.3 is 0 Å². The average molecular weight is 313 g/mol. The first kappa shape index (κ1) is 13.5. The lowest BCUT2D eigenvalue weighted by Gasteiger charge is -2.38. The first-order valence-electron chi connectivity index (χ1n) is 5.89. The number of ether oxygens (including phenoxy) is 1. The number of benzene rings is 1. The number of nitrogens with one attached hydrogen (secondary N) is 2. The Hall–Kier alpha value is -0.910. The van der Waals surface area contributed by atoms with Crippen LogP contribution in [0.2, 0.25) is 0 Å². The summed E-state index contributed by atoms with van der Waals surface area (Å²) in [5.74, 6) is -0.121. The first-order valence-corrected chi connectivity index (χ1v) is 6.68. The molecule has 0 bridgehead atoms. The predicted octanol–water partition coefficient (Wildman–Crippen LogP) is 2.07. The van der Waals surface area contributed by atoms with E-state index in [0.717, 1.165) is 28.8 Å². The van der Waals surface area contributed by atoms with Crippen LogP contribution < -0.4 is 10.6 Å². The SMILES string of the molecule is Cc1ccc(Br)cc1NC(=O)COC1(C)CNC1. The molecule has 2 rings (SSSR count). The summed E-state index contributed by atoms with van der Waals surface area (Å²) < 4.78 is 6.53. The highest BCUT2D eigenvalue weighted by atomic mass is 79.9. The van der Waals surface area contributed by atoms with Gasteiger partial charge in [0.15, 0.2) is 0 Å². The van der Waals surface area contributed by atoms with Crippen molar-refractivity contribution in [3.63, 3.8) is 0 Å². The minimum atomic E-state index is -0.191. The number of anilines is 1. The van der Waals surface area contributed by atoms with E-state index in [1.165, 1.54) is 0 Å². The fraction of sp³-hybridized carbons (Fsp3) is 0.462. The van der Waals surface area contributed by atoms with E-state index in [9.17, 15) is 4.79 Å². The lowest BCUT2D eigenvalue weighted by atomic mass is 10.0. The van der Waals surface area contributed by atoms with E-state index < -0.39 is 0 Å². The molecule has 0 aliphatic carbocycles. The van der Waals surface area contributed by atoms with Crippen molar-refractivity contribution in [3.05, 3.63) is 28.2 Å². The van der Waals surface area contributed by atoms with Crippen LogP contribution in [0.1, 0.15) is 12.5 Å². The summed E-state index contributed by atoms with van der Waals surface area (Å²) in [7, 11) is 0. The van der Waals surface area contributed by atoms with Crippen LogP contribution in [0.15, 0.2) is 22.7 Å². The van der Waals surface area contributed by atoms with Gasteiger partial charge in [-0.2, -0.15) is 0 Å². The molecule has 1 heterocycles. The van der Waals surface area contributed by atoms with Gasteiger partial charge in [0.2, 0.25) is 5.91 Å². The number of aryl methyl sites for hydroxylation is 1. The molecule has 0 atom stereocenters. The van der Waals surface area contributed by atoms with E-state index in [4.69, 9.17) is 4.74 Å². The van der Waals surface area contributed by atoms with Crippen LogP contribution in [0.4, 0.5) is 5.69 Å². The minimum absolute atomic E-state index is 0.0874. The number of hydrogen-bond donors (Lipinski definition) is 2. The summed E-state index contributed by atoms with van der Waals surface area (Å²) in [5, 5.41) is 5.99. The van der Waals surface area contributed by atoms with E-state index in [1.807, 2.05) is 32.0 Å². The van der Waals surface area contributed by atoms with Gasteiger partial charge in [-0.05, 0) is 31.5 Å². The van der Waals surface area contributed by atoms with Gasteiger partial charge < -0.3 is 15.4 Å². The van der Waals surface area contributed by atoms with Crippen molar-refractivity contribution < 1.29 is 9.53 Å². The Morgan fingerprint density at radius 3 is 2.89 bits per heavy atom. The summed E-state index contributed by atoms with van der Waals surface area (Å²) >= 11 is 3.39. The maximum Gasteiger partial charge on any atom is 0.250 e. The number of amides is 1. The maximum absolute atomic E-state index is 11.8. The Balaban J connectivity index is 1.88. The summed E-state index contributed by atoms with van der Waals surface area (Å²) in [6.07, 6.45) is 0. The predicted molar refractivity (Wildman–Crippen MR) is 74.7 cm³/mol. The topological polar surface area (TPSA) is 50.4 Å². The van der Waals surface area contributed by atoms with Crippen molar-refractivity contribution in [2.24, 2.45) is 0 Å². The average Bonchev–Trinajstić information content (AvgIpc) is 2.29. The minimum Gasteiger partial charge on any atom is -0.363 e. The molecule has 1 amide bonds. The molecule has 1 aliphatic rings. The largest absolute Gasteiger partial charge is 0.363 e. The van der Waals surface area contributed by atoms with E-state index in [-0.39, 0.29) is 18.1 Å². The van der Waals surface area contributed by atoms with Crippen LogP contribution in [-0.2, 0) is 9.53 Å². The molecule has 1 aromatic carbocycles. The van der Waals surface area contributed by atoms with Gasteiger partial charge in [0, 0.05) is 23.2 Å². The summed E-state index contributed by atoms with van der Waals surface area (Å²) in [6.45, 7) is 5.65. The molecule has 1 fully saturated rings. The van der Waals surface area contributed by atoms with E-state index in [2.05, 4.69) is 26.6 Å². The Morgan fingerprint density at radius 2 is 2.28 bits per heavy atom. The zero-order chi connectivity index (χ0) is 13.2. The van der Waals surface area contributed by atoms with Crippen LogP contribution in [0.5, 0.6) is 0 Å². The normalized spacial score (nSPS) is 17.1. The lowest BCUT2D eigenvalue weighted by molar-refractivity contribution is -0.130. The van der Waals surface area contributed by atoms with Gasteiger partial charge in [0.25, 0.3) is 0 Å². The second kappa shape index (κ2) is 5.38. The van der Waals surface area contributed by atoms with E-state index in [0.29, 0.717) is 0 Å². The first-order chi connectivity index (χ1) is 8.48. The van der Waals surface area contributed by atoms with Gasteiger partial charge in [-0.1, -0.05) is 22.0 Å². The van der Waals surface area contributed by atoms with Crippen molar-refractivity contribution >= 4 is 27.5 Å². The molecule has 2 N–H and O–H groups in total. The van der Waals surface area contributed by atoms with Gasteiger partial charge in [-0.3, -0.25) is 4.79 Å². The summed E-state index contributed by atoms with van der Waals surface area (Å²) in [5.41, 5.74) is 1.65. The molecule has 1 saturated heterocycles. The highest BCUT2D eigenvalue weighted by molar-refractivity contribution is 9.10. The molecule has 5 heteroatoms. The number of carbonyl (C=O) groups excluding carboxylic acids is 1. The zero-order valence-corrected chi connectivity index (χ0v) is 12.1. The third-order valence-corrected chi connectivity index (χ3v) is 3.52. The van der Waals surface area contributed by atoms with E-state index in [1.54, 1.807) is 0 Å². The van der Waals surface area contributed by atoms with Crippen molar-refractivity contribution in [2.75, 3.05) is 25.0 Å². The smallest absolute Gasteiger partial charge is 0.250 e. The molecule has 98 valence electrons. The van der Waals surface area contributed by atoms with E-state index >= 15 is 0 Å². The molecule has 0 radical (unpaired) electrons. The van der Waals surface area contributed by atoms with Gasteiger partial charge in [-0.25, -0.2) is 0 Å². The Bertz CT molecular complexity index is 458. The molecular formula is C13H17BrN2O2. The van der Waals surface area contributed by atoms with Crippen molar-refractivity contribution in [3.8, 4) is 0 Å². The molecule has 4 nitrogen and oxygen atoms in total. The third kappa shape index (κ3) is 3.31. The monoisotopic (exact) mass is 312 g/mol. The molecule has 18 heavy (non-hydrogen) atoms. The lowest BCUT2D eigenvalue weighted by Crippen LogP contribution is -2.59. The molecule has 0 spiro atoms. The summed E-state index contributed by atoms with van der Waals surface area (Å²) in [6, 6.07) is 5.79. The van der Waals surface area contributed by atoms with Crippen molar-refractivity contribution in [1.82, 2.24) is 5.32 Å². The number of rotatable bonds is 4. The number of hydrogen-bond acceptors (Lipinski definition) is 3. The Labute approximate surface area is 115 Å². The van der Waals surface area contributed by atoms with Crippen LogP contribution >= 0.6 is 15.9 Å². The van der Waals surface area contributed by atoms with Gasteiger partial charge in [-0.15, -0.1) is 0 Å². The highest BCUT2D eigenvalue weighted by Crippen LogP contribution is 2.21. The van der Waals surface area contributed by atoms with Crippen LogP contribution in [0.3, 0.4) is 0 Å². The second-order valence-electron chi connectivity index (χ2n) is 4.85. The molecule has 0 unspecified atom stereocenters. The third-order valence-electron chi connectivity index (χ3n) is 3.02. The summed E-state index contributed by atoms with van der Waals surface area (Å²) in [4.78, 5) is 11.8. The number of carbonyl (C=O) groups is 1. The molecule has 0 aromatic heterocycles. The van der Waals surface area contributed by atoms with Gasteiger partial charge in [0.1, 0.15) is 6.61 Å². The van der Waals surface area contributed by atoms with Crippen molar-refractivity contribution in [1.29, 1.82) is 0 Å². The fourth-order valence-electron chi connectivity index (χ4n) is 1.73. The standard InChI is InChI=1S/C13H17BrN2O2/c1-9-3-4-10(14)5-11(9)16-12(17)6-18-13(2)7-15-8-13/h3-5,15H,6-8H2,1-2H3,(H,16,17). The molecular weight excluding hydrogens is 296 g/mol. The maximum atomic E-state index is 11.8. The molecule has 1 aliphatic heterocycles. The second-order valence-corrected chi connectivity index (χ2v) is 5.77. The fourth-order valence-corrected chi connectivity index (χ4v) is 2.10. The molecule has 0 saturated carbocycles. The highest BCUT2D eigenvalue weighted by Gasteiger charge is 2.32. The van der Waals surface area contributed by atoms with Crippen LogP contribution in [0, 0.1) is 6.92 Å². The van der Waals surface area contributed by atoms with Crippen LogP contribution in [0.25, 0.3) is 0 Å². The van der Waals surface area contributed by atoms with Gasteiger partial charge in [0.05, 0.1) is 5.60 Å². The Kier molecular flexibility index (Phi) is 4.04. The number of halogens is 1. The Morgan fingerprint density at radius 1 is 1.56 bits per heavy atom. The molecule has 1 aromatic rings. The zero-order valence-electron chi connectivity index (χ0n) is 10.5. The van der Waals surface area contributed by atoms with Crippen molar-refractivity contribution in [2.45, 2.75) is 19.4 Å². The van der Waals surface area contributed by atoms with Crippen LogP contribution in [-0.4, -0.2) is 31.2 Å². The quantitative estimate of drug-likeness (QED) is 0.895.